The molecule has 34 heavy (non-hydrogen) atoms. The number of piperidine rings is 1. The van der Waals surface area contributed by atoms with E-state index >= 15 is 0 Å². The van der Waals surface area contributed by atoms with Crippen molar-refractivity contribution in [2.24, 2.45) is 5.92 Å². The first-order chi connectivity index (χ1) is 16.5. The first-order valence-corrected chi connectivity index (χ1v) is 12.6. The normalized spacial score (nSPS) is 24.3. The average molecular weight is 467 g/mol. The Morgan fingerprint density at radius 2 is 1.79 bits per heavy atom. The van der Waals surface area contributed by atoms with E-state index in [2.05, 4.69) is 43.0 Å². The van der Waals surface area contributed by atoms with Gasteiger partial charge in [0, 0.05) is 37.3 Å². The molecule has 0 bridgehead atoms. The second kappa shape index (κ2) is 10.3. The highest BCUT2D eigenvalue weighted by Gasteiger charge is 2.50. The van der Waals surface area contributed by atoms with E-state index in [0.29, 0.717) is 30.0 Å². The van der Waals surface area contributed by atoms with Gasteiger partial charge in [0.15, 0.2) is 0 Å². The zero-order chi connectivity index (χ0) is 24.3. The Labute approximate surface area is 203 Å². The van der Waals surface area contributed by atoms with Crippen LogP contribution in [0.5, 0.6) is 11.5 Å². The van der Waals surface area contributed by atoms with Gasteiger partial charge in [0.1, 0.15) is 11.5 Å². The number of likely N-dealkylation sites (tertiary alicyclic amines) is 1. The van der Waals surface area contributed by atoms with Gasteiger partial charge in [0.05, 0.1) is 31.4 Å². The number of methoxy groups -OCH3 is 2. The molecule has 3 atom stereocenters. The highest BCUT2D eigenvalue weighted by molar-refractivity contribution is 5.97. The SMILES string of the molecule is CCN(CC)c1ccc([C@H]2[C@H]3CCCC[C@@]3(O)CCN2C(=O)c2ccc(OC)cc2OC)cc1. The molecule has 2 aromatic rings. The van der Waals surface area contributed by atoms with Crippen LogP contribution >= 0.6 is 0 Å². The number of benzene rings is 2. The maximum absolute atomic E-state index is 13.9. The summed E-state index contributed by atoms with van der Waals surface area (Å²) in [6, 6.07) is 13.7. The van der Waals surface area contributed by atoms with Crippen molar-refractivity contribution in [2.45, 2.75) is 57.6 Å². The number of rotatable bonds is 7. The first kappa shape index (κ1) is 24.4. The van der Waals surface area contributed by atoms with Gasteiger partial charge < -0.3 is 24.4 Å². The van der Waals surface area contributed by atoms with Crippen molar-refractivity contribution in [3.8, 4) is 11.5 Å². The quantitative estimate of drug-likeness (QED) is 0.618. The number of ether oxygens (including phenoxy) is 2. The maximum atomic E-state index is 13.9. The molecule has 6 nitrogen and oxygen atoms in total. The summed E-state index contributed by atoms with van der Waals surface area (Å²) in [7, 11) is 3.17. The standard InChI is InChI=1S/C28H38N2O4/c1-5-29(6-2)21-12-10-20(11-13-21)26-24-9-7-8-16-28(24,32)17-18-30(26)27(31)23-15-14-22(33-3)19-25(23)34-4/h10-15,19,24,26,32H,5-9,16-18H2,1-4H3/t24-,26+,28-/m1/s1. The van der Waals surface area contributed by atoms with E-state index in [0.717, 1.165) is 44.3 Å². The summed E-state index contributed by atoms with van der Waals surface area (Å²) in [5, 5.41) is 11.6. The molecular weight excluding hydrogens is 428 g/mol. The lowest BCUT2D eigenvalue weighted by molar-refractivity contribution is -0.115. The van der Waals surface area contributed by atoms with Crippen molar-refractivity contribution < 1.29 is 19.4 Å². The van der Waals surface area contributed by atoms with Crippen LogP contribution in [0, 0.1) is 5.92 Å². The molecule has 0 spiro atoms. The Bertz CT molecular complexity index is 988. The van der Waals surface area contributed by atoms with E-state index in [-0.39, 0.29) is 17.9 Å². The number of amides is 1. The van der Waals surface area contributed by atoms with Crippen LogP contribution in [0.3, 0.4) is 0 Å². The third kappa shape index (κ3) is 4.48. The Hall–Kier alpha value is -2.73. The molecule has 184 valence electrons. The zero-order valence-corrected chi connectivity index (χ0v) is 20.9. The lowest BCUT2D eigenvalue weighted by Crippen LogP contribution is -2.56. The van der Waals surface area contributed by atoms with Gasteiger partial charge in [0.25, 0.3) is 5.91 Å². The summed E-state index contributed by atoms with van der Waals surface area (Å²) in [6.07, 6.45) is 4.45. The highest BCUT2D eigenvalue weighted by Crippen LogP contribution is 2.50. The van der Waals surface area contributed by atoms with Gasteiger partial charge in [-0.1, -0.05) is 25.0 Å². The van der Waals surface area contributed by atoms with E-state index in [1.165, 1.54) is 5.69 Å². The Kier molecular flexibility index (Phi) is 7.36. The third-order valence-electron chi connectivity index (χ3n) is 7.83. The van der Waals surface area contributed by atoms with Gasteiger partial charge >= 0.3 is 0 Å². The van der Waals surface area contributed by atoms with Crippen LogP contribution in [0.1, 0.15) is 67.9 Å². The van der Waals surface area contributed by atoms with E-state index < -0.39 is 5.60 Å². The summed E-state index contributed by atoms with van der Waals surface area (Å²) in [6.45, 7) is 6.73. The van der Waals surface area contributed by atoms with Gasteiger partial charge in [-0.15, -0.1) is 0 Å². The molecule has 6 heteroatoms. The third-order valence-corrected chi connectivity index (χ3v) is 7.83. The van der Waals surface area contributed by atoms with Gasteiger partial charge in [-0.2, -0.15) is 0 Å². The Balaban J connectivity index is 1.73. The summed E-state index contributed by atoms with van der Waals surface area (Å²) >= 11 is 0. The zero-order valence-electron chi connectivity index (χ0n) is 20.9. The fourth-order valence-corrected chi connectivity index (χ4v) is 5.92. The van der Waals surface area contributed by atoms with Crippen molar-refractivity contribution in [3.63, 3.8) is 0 Å². The maximum Gasteiger partial charge on any atom is 0.258 e. The fourth-order valence-electron chi connectivity index (χ4n) is 5.92. The predicted molar refractivity (Wildman–Crippen MR) is 135 cm³/mol. The molecule has 1 saturated heterocycles. The van der Waals surface area contributed by atoms with Crippen molar-refractivity contribution in [2.75, 3.05) is 38.8 Å². The summed E-state index contributed by atoms with van der Waals surface area (Å²) in [5.74, 6) is 1.11. The van der Waals surface area contributed by atoms with Gasteiger partial charge in [0.2, 0.25) is 0 Å². The van der Waals surface area contributed by atoms with Gasteiger partial charge in [-0.05, 0) is 62.9 Å². The van der Waals surface area contributed by atoms with E-state index in [9.17, 15) is 9.90 Å². The molecule has 4 rings (SSSR count). The van der Waals surface area contributed by atoms with Crippen LogP contribution in [-0.2, 0) is 0 Å². The van der Waals surface area contributed by atoms with Crippen molar-refractivity contribution in [3.05, 3.63) is 53.6 Å². The average Bonchev–Trinajstić information content (AvgIpc) is 2.88. The van der Waals surface area contributed by atoms with E-state index in [1.807, 2.05) is 4.90 Å². The largest absolute Gasteiger partial charge is 0.497 e. The van der Waals surface area contributed by atoms with Crippen molar-refractivity contribution in [1.82, 2.24) is 4.90 Å². The minimum absolute atomic E-state index is 0.0162. The number of fused-ring (bicyclic) bond motifs is 1. The molecule has 2 aliphatic rings. The molecule has 1 N–H and O–H groups in total. The predicted octanol–water partition coefficient (Wildman–Crippen LogP) is 5.06. The topological polar surface area (TPSA) is 62.2 Å². The number of carbonyl (C=O) groups excluding carboxylic acids is 1. The monoisotopic (exact) mass is 466 g/mol. The van der Waals surface area contributed by atoms with Gasteiger partial charge in [-0.25, -0.2) is 0 Å². The molecule has 1 saturated carbocycles. The number of anilines is 1. The van der Waals surface area contributed by atoms with Crippen LogP contribution in [-0.4, -0.2) is 55.4 Å². The van der Waals surface area contributed by atoms with Crippen LogP contribution in [0.25, 0.3) is 0 Å². The van der Waals surface area contributed by atoms with Crippen LogP contribution in [0.4, 0.5) is 5.69 Å². The van der Waals surface area contributed by atoms with Crippen molar-refractivity contribution >= 4 is 11.6 Å². The minimum Gasteiger partial charge on any atom is -0.497 e. The fraction of sp³-hybridized carbons (Fsp3) is 0.536. The first-order valence-electron chi connectivity index (χ1n) is 12.6. The second-order valence-corrected chi connectivity index (χ2v) is 9.48. The molecule has 2 fully saturated rings. The number of aliphatic hydroxyl groups is 1. The Morgan fingerprint density at radius 1 is 1.06 bits per heavy atom. The van der Waals surface area contributed by atoms with Crippen LogP contribution in [0.15, 0.2) is 42.5 Å². The van der Waals surface area contributed by atoms with Crippen LogP contribution in [0.2, 0.25) is 0 Å². The molecule has 2 aromatic carbocycles. The molecule has 1 amide bonds. The lowest BCUT2D eigenvalue weighted by Gasteiger charge is -2.52. The molecular formula is C28H38N2O4. The minimum atomic E-state index is -0.721. The molecule has 0 radical (unpaired) electrons. The van der Waals surface area contributed by atoms with Crippen molar-refractivity contribution in [1.29, 1.82) is 0 Å². The highest BCUT2D eigenvalue weighted by atomic mass is 16.5. The lowest BCUT2D eigenvalue weighted by atomic mass is 9.66. The van der Waals surface area contributed by atoms with E-state index in [1.54, 1.807) is 32.4 Å². The summed E-state index contributed by atoms with van der Waals surface area (Å²) in [5.41, 5.74) is 2.07. The summed E-state index contributed by atoms with van der Waals surface area (Å²) in [4.78, 5) is 18.2. The van der Waals surface area contributed by atoms with E-state index in [4.69, 9.17) is 9.47 Å². The Morgan fingerprint density at radius 3 is 2.44 bits per heavy atom. The molecule has 1 heterocycles. The molecule has 0 aromatic heterocycles. The molecule has 1 aliphatic carbocycles. The number of hydrogen-bond donors (Lipinski definition) is 1. The van der Waals surface area contributed by atoms with Gasteiger partial charge in [-0.3, -0.25) is 4.79 Å². The summed E-state index contributed by atoms with van der Waals surface area (Å²) < 4.78 is 10.9. The smallest absolute Gasteiger partial charge is 0.258 e. The second-order valence-electron chi connectivity index (χ2n) is 9.48. The number of nitrogens with zero attached hydrogens (tertiary/aromatic N) is 2. The molecule has 0 unspecified atom stereocenters. The number of carbonyl (C=O) groups is 1. The number of hydrogen-bond acceptors (Lipinski definition) is 5. The van der Waals surface area contributed by atoms with Crippen LogP contribution < -0.4 is 14.4 Å². The molecule has 1 aliphatic heterocycles.